The summed E-state index contributed by atoms with van der Waals surface area (Å²) in [7, 11) is 0. The average molecular weight is 322 g/mol. The Morgan fingerprint density at radius 3 is 2.71 bits per heavy atom. The number of phenolic OH excluding ortho intramolecular Hbond substituents is 2. The molecule has 0 radical (unpaired) electrons. The second-order valence-electron chi connectivity index (χ2n) is 4.95. The number of amides is 1. The van der Waals surface area contributed by atoms with Gasteiger partial charge in [0.2, 0.25) is 0 Å². The van der Waals surface area contributed by atoms with Crippen LogP contribution in [0.25, 0.3) is 11.3 Å². The van der Waals surface area contributed by atoms with E-state index in [-0.39, 0.29) is 22.8 Å². The molecule has 0 aliphatic carbocycles. The van der Waals surface area contributed by atoms with Crippen LogP contribution >= 0.6 is 0 Å². The summed E-state index contributed by atoms with van der Waals surface area (Å²) in [5, 5.41) is 29.5. The summed E-state index contributed by atoms with van der Waals surface area (Å²) < 4.78 is 0. The third-order valence-electron chi connectivity index (χ3n) is 3.31. The number of aromatic amines is 1. The molecule has 0 aliphatic rings. The lowest BCUT2D eigenvalue weighted by atomic mass is 10.1. The Kier molecular flexibility index (Phi) is 4.24. The average Bonchev–Trinajstić information content (AvgIpc) is 3.09. The van der Waals surface area contributed by atoms with E-state index in [9.17, 15) is 15.0 Å². The molecule has 0 atom stereocenters. The highest BCUT2D eigenvalue weighted by molar-refractivity contribution is 5.94. The van der Waals surface area contributed by atoms with Gasteiger partial charge in [0, 0.05) is 11.1 Å². The first kappa shape index (κ1) is 15.3. The van der Waals surface area contributed by atoms with Gasteiger partial charge in [-0.1, -0.05) is 36.4 Å². The van der Waals surface area contributed by atoms with Crippen LogP contribution in [0.5, 0.6) is 11.5 Å². The number of hydrogen-bond acceptors (Lipinski definition) is 5. The van der Waals surface area contributed by atoms with Crippen molar-refractivity contribution in [2.24, 2.45) is 5.10 Å². The minimum absolute atomic E-state index is 0.256. The molecule has 0 saturated carbocycles. The van der Waals surface area contributed by atoms with Crippen LogP contribution in [0.4, 0.5) is 0 Å². The smallest absolute Gasteiger partial charge is 0.289 e. The number of aromatic nitrogens is 2. The zero-order valence-corrected chi connectivity index (χ0v) is 12.5. The van der Waals surface area contributed by atoms with Crippen molar-refractivity contribution in [3.63, 3.8) is 0 Å². The molecule has 3 aromatic rings. The first-order chi connectivity index (χ1) is 11.6. The monoisotopic (exact) mass is 322 g/mol. The van der Waals surface area contributed by atoms with Gasteiger partial charge in [-0.3, -0.25) is 9.89 Å². The maximum absolute atomic E-state index is 12.0. The predicted molar refractivity (Wildman–Crippen MR) is 88.9 cm³/mol. The predicted octanol–water partition coefficient (Wildman–Crippen LogP) is 2.25. The summed E-state index contributed by atoms with van der Waals surface area (Å²) in [6.45, 7) is 0. The SMILES string of the molecule is O=C(N/N=C/c1cccc(O)c1O)c1cc(-c2ccccc2)n[nH]1. The molecule has 1 amide bonds. The van der Waals surface area contributed by atoms with Gasteiger partial charge in [0.15, 0.2) is 11.5 Å². The van der Waals surface area contributed by atoms with Crippen LogP contribution in [0, 0.1) is 0 Å². The molecular weight excluding hydrogens is 308 g/mol. The number of para-hydroxylation sites is 1. The fourth-order valence-electron chi connectivity index (χ4n) is 2.07. The van der Waals surface area contributed by atoms with Gasteiger partial charge in [-0.2, -0.15) is 10.2 Å². The molecule has 0 saturated heterocycles. The van der Waals surface area contributed by atoms with Crippen molar-refractivity contribution in [3.8, 4) is 22.8 Å². The fourth-order valence-corrected chi connectivity index (χ4v) is 2.07. The molecule has 120 valence electrons. The van der Waals surface area contributed by atoms with E-state index in [4.69, 9.17) is 0 Å². The highest BCUT2D eigenvalue weighted by Gasteiger charge is 2.10. The number of rotatable bonds is 4. The van der Waals surface area contributed by atoms with Crippen LogP contribution in [0.1, 0.15) is 16.1 Å². The number of nitrogens with one attached hydrogen (secondary N) is 2. The minimum atomic E-state index is -0.472. The number of carbonyl (C=O) groups is 1. The maximum atomic E-state index is 12.0. The Balaban J connectivity index is 1.69. The Morgan fingerprint density at radius 1 is 1.12 bits per heavy atom. The van der Waals surface area contributed by atoms with Crippen molar-refractivity contribution >= 4 is 12.1 Å². The van der Waals surface area contributed by atoms with Crippen LogP contribution in [0.2, 0.25) is 0 Å². The molecule has 0 spiro atoms. The van der Waals surface area contributed by atoms with E-state index in [1.165, 1.54) is 12.3 Å². The number of nitrogens with zero attached hydrogens (tertiary/aromatic N) is 2. The fraction of sp³-hybridized carbons (Fsp3) is 0. The maximum Gasteiger partial charge on any atom is 0.289 e. The van der Waals surface area contributed by atoms with Crippen molar-refractivity contribution in [2.75, 3.05) is 0 Å². The van der Waals surface area contributed by atoms with Crippen molar-refractivity contribution in [2.45, 2.75) is 0 Å². The Bertz CT molecular complexity index is 888. The van der Waals surface area contributed by atoms with Gasteiger partial charge in [-0.15, -0.1) is 0 Å². The summed E-state index contributed by atoms with van der Waals surface area (Å²) in [6.07, 6.45) is 1.24. The number of phenols is 2. The van der Waals surface area contributed by atoms with Crippen molar-refractivity contribution < 1.29 is 15.0 Å². The topological polar surface area (TPSA) is 111 Å². The van der Waals surface area contributed by atoms with E-state index in [2.05, 4.69) is 20.7 Å². The first-order valence-electron chi connectivity index (χ1n) is 7.10. The van der Waals surface area contributed by atoms with Gasteiger partial charge in [0.1, 0.15) is 5.69 Å². The summed E-state index contributed by atoms with van der Waals surface area (Å²) >= 11 is 0. The second-order valence-corrected chi connectivity index (χ2v) is 4.95. The van der Waals surface area contributed by atoms with Gasteiger partial charge >= 0.3 is 0 Å². The first-order valence-corrected chi connectivity index (χ1v) is 7.10. The Labute approximate surface area is 137 Å². The molecule has 4 N–H and O–H groups in total. The summed E-state index contributed by atoms with van der Waals surface area (Å²) in [4.78, 5) is 12.0. The molecule has 1 heterocycles. The number of hydrogen-bond donors (Lipinski definition) is 4. The summed E-state index contributed by atoms with van der Waals surface area (Å²) in [5.74, 6) is -1.03. The molecule has 0 bridgehead atoms. The Morgan fingerprint density at radius 2 is 1.92 bits per heavy atom. The quantitative estimate of drug-likeness (QED) is 0.335. The molecule has 2 aromatic carbocycles. The third kappa shape index (κ3) is 3.25. The molecular formula is C17H14N4O3. The summed E-state index contributed by atoms with van der Waals surface area (Å²) in [5.41, 5.74) is 4.40. The molecule has 0 fully saturated rings. The lowest BCUT2D eigenvalue weighted by molar-refractivity contribution is 0.0950. The van der Waals surface area contributed by atoms with Crippen LogP contribution in [-0.2, 0) is 0 Å². The van der Waals surface area contributed by atoms with Gasteiger partial charge in [0.05, 0.1) is 11.9 Å². The third-order valence-corrected chi connectivity index (χ3v) is 3.31. The lowest BCUT2D eigenvalue weighted by Gasteiger charge is -2.00. The molecule has 7 heteroatoms. The number of H-pyrrole nitrogens is 1. The normalized spacial score (nSPS) is 10.8. The van der Waals surface area contributed by atoms with Crippen molar-refractivity contribution in [1.82, 2.24) is 15.6 Å². The van der Waals surface area contributed by atoms with Crippen molar-refractivity contribution in [1.29, 1.82) is 0 Å². The van der Waals surface area contributed by atoms with E-state index in [0.29, 0.717) is 5.69 Å². The largest absolute Gasteiger partial charge is 0.504 e. The zero-order chi connectivity index (χ0) is 16.9. The minimum Gasteiger partial charge on any atom is -0.504 e. The molecule has 0 unspecified atom stereocenters. The van der Waals surface area contributed by atoms with Crippen LogP contribution in [0.15, 0.2) is 59.7 Å². The van der Waals surface area contributed by atoms with E-state index >= 15 is 0 Å². The van der Waals surface area contributed by atoms with E-state index in [1.54, 1.807) is 18.2 Å². The van der Waals surface area contributed by atoms with Gasteiger partial charge < -0.3 is 10.2 Å². The van der Waals surface area contributed by atoms with E-state index in [1.807, 2.05) is 30.3 Å². The standard InChI is InChI=1S/C17H14N4O3/c22-15-8-4-7-12(16(15)23)10-18-21-17(24)14-9-13(19-20-14)11-5-2-1-3-6-11/h1-10,22-23H,(H,19,20)(H,21,24)/b18-10+. The highest BCUT2D eigenvalue weighted by atomic mass is 16.3. The molecule has 24 heavy (non-hydrogen) atoms. The summed E-state index contributed by atoms with van der Waals surface area (Å²) in [6, 6.07) is 15.5. The highest BCUT2D eigenvalue weighted by Crippen LogP contribution is 2.26. The molecule has 3 rings (SSSR count). The van der Waals surface area contributed by atoms with Gasteiger partial charge in [0.25, 0.3) is 5.91 Å². The van der Waals surface area contributed by atoms with Crippen LogP contribution in [0.3, 0.4) is 0 Å². The number of aromatic hydroxyl groups is 2. The number of hydrazone groups is 1. The Hall–Kier alpha value is -3.61. The number of benzene rings is 2. The lowest BCUT2D eigenvalue weighted by Crippen LogP contribution is -2.18. The van der Waals surface area contributed by atoms with E-state index in [0.717, 1.165) is 5.56 Å². The van der Waals surface area contributed by atoms with Crippen LogP contribution in [-0.4, -0.2) is 32.5 Å². The van der Waals surface area contributed by atoms with Gasteiger partial charge in [-0.25, -0.2) is 5.43 Å². The zero-order valence-electron chi connectivity index (χ0n) is 12.5. The second kappa shape index (κ2) is 6.66. The molecule has 7 nitrogen and oxygen atoms in total. The number of carbonyl (C=O) groups excluding carboxylic acids is 1. The van der Waals surface area contributed by atoms with Crippen molar-refractivity contribution in [3.05, 3.63) is 65.9 Å². The van der Waals surface area contributed by atoms with Crippen LogP contribution < -0.4 is 5.43 Å². The van der Waals surface area contributed by atoms with Gasteiger partial charge in [-0.05, 0) is 18.2 Å². The molecule has 1 aromatic heterocycles. The van der Waals surface area contributed by atoms with E-state index < -0.39 is 5.91 Å². The molecule has 0 aliphatic heterocycles.